The van der Waals surface area contributed by atoms with Crippen molar-refractivity contribution in [3.05, 3.63) is 104 Å². The van der Waals surface area contributed by atoms with Crippen LogP contribution in [0.1, 0.15) is 40.9 Å². The number of fused-ring (bicyclic) bond motifs is 3. The Morgan fingerprint density at radius 1 is 1.10 bits per heavy atom. The van der Waals surface area contributed by atoms with E-state index in [2.05, 4.69) is 31.2 Å². The van der Waals surface area contributed by atoms with Crippen molar-refractivity contribution in [3.63, 3.8) is 0 Å². The highest BCUT2D eigenvalue weighted by Crippen LogP contribution is 2.48. The van der Waals surface area contributed by atoms with Gasteiger partial charge in [0.05, 0.1) is 16.7 Å². The summed E-state index contributed by atoms with van der Waals surface area (Å²) in [6.45, 7) is 2.06. The third-order valence-electron chi connectivity index (χ3n) is 5.53. The Balaban J connectivity index is 1.57. The number of aryl methyl sites for hydroxylation is 1. The number of ether oxygens (including phenoxy) is 1. The Kier molecular flexibility index (Phi) is 4.44. The van der Waals surface area contributed by atoms with Crippen LogP contribution < -0.4 is 4.74 Å². The first kappa shape index (κ1) is 18.6. The highest BCUT2D eigenvalue weighted by Gasteiger charge is 2.41. The summed E-state index contributed by atoms with van der Waals surface area (Å²) < 4.78 is 6.28. The molecule has 150 valence electrons. The molecule has 2 atom stereocenters. The highest BCUT2D eigenvalue weighted by atomic mass is 35.5. The lowest BCUT2D eigenvalue weighted by Gasteiger charge is -2.38. The number of hydrogen-bond acceptors (Lipinski definition) is 5. The zero-order valence-corrected chi connectivity index (χ0v) is 16.9. The lowest BCUT2D eigenvalue weighted by Crippen LogP contribution is -2.33. The van der Waals surface area contributed by atoms with Crippen LogP contribution in [0.25, 0.3) is 0 Å². The first-order valence-electron chi connectivity index (χ1n) is 9.63. The van der Waals surface area contributed by atoms with Gasteiger partial charge in [-0.3, -0.25) is 10.1 Å². The average Bonchev–Trinajstić information content (AvgIpc) is 3.19. The van der Waals surface area contributed by atoms with Gasteiger partial charge >= 0.3 is 0 Å². The zero-order chi connectivity index (χ0) is 20.8. The van der Waals surface area contributed by atoms with Gasteiger partial charge in [0.15, 0.2) is 0 Å². The minimum absolute atomic E-state index is 0.0241. The predicted molar refractivity (Wildman–Crippen MR) is 115 cm³/mol. The second-order valence-electron chi connectivity index (χ2n) is 7.51. The summed E-state index contributed by atoms with van der Waals surface area (Å²) in [6.07, 6.45) is 0.246. The molecule has 6 nitrogen and oxygen atoms in total. The third kappa shape index (κ3) is 3.19. The maximum absolute atomic E-state index is 11.0. The lowest BCUT2D eigenvalue weighted by molar-refractivity contribution is -0.384. The summed E-state index contributed by atoms with van der Waals surface area (Å²) in [4.78, 5) is 10.6. The number of benzene rings is 3. The van der Waals surface area contributed by atoms with Gasteiger partial charge in [0.2, 0.25) is 6.23 Å². The van der Waals surface area contributed by atoms with E-state index in [4.69, 9.17) is 21.4 Å². The molecular weight excluding hydrogens is 402 g/mol. The molecule has 0 aromatic heterocycles. The number of nitro groups is 1. The molecule has 5 rings (SSSR count). The van der Waals surface area contributed by atoms with E-state index in [-0.39, 0.29) is 11.7 Å². The third-order valence-corrected chi connectivity index (χ3v) is 5.76. The molecular formula is C23H18ClN3O3. The summed E-state index contributed by atoms with van der Waals surface area (Å²) >= 11 is 6.26. The molecule has 0 radical (unpaired) electrons. The molecule has 2 aliphatic heterocycles. The Hall–Kier alpha value is -3.38. The Bertz CT molecular complexity index is 1160. The molecule has 2 heterocycles. The van der Waals surface area contributed by atoms with E-state index in [0.29, 0.717) is 5.02 Å². The van der Waals surface area contributed by atoms with E-state index in [0.717, 1.165) is 34.6 Å². The molecule has 2 aliphatic rings. The smallest absolute Gasteiger partial charge is 0.269 e. The van der Waals surface area contributed by atoms with Crippen LogP contribution in [-0.4, -0.2) is 15.6 Å². The predicted octanol–water partition coefficient (Wildman–Crippen LogP) is 5.80. The number of nitrogens with zero attached hydrogens (tertiary/aromatic N) is 3. The molecule has 0 bridgehead atoms. The first-order chi connectivity index (χ1) is 14.5. The Morgan fingerprint density at radius 2 is 1.83 bits per heavy atom. The van der Waals surface area contributed by atoms with Crippen LogP contribution in [0.5, 0.6) is 5.75 Å². The Morgan fingerprint density at radius 3 is 2.53 bits per heavy atom. The van der Waals surface area contributed by atoms with Crippen LogP contribution in [0.3, 0.4) is 0 Å². The van der Waals surface area contributed by atoms with Crippen LogP contribution in [0.4, 0.5) is 5.69 Å². The number of hydrazone groups is 1. The van der Waals surface area contributed by atoms with Gasteiger partial charge in [0.25, 0.3) is 5.69 Å². The molecule has 7 heteroatoms. The fraction of sp³-hybridized carbons (Fsp3) is 0.174. The van der Waals surface area contributed by atoms with Crippen LogP contribution in [-0.2, 0) is 0 Å². The molecule has 0 fully saturated rings. The monoisotopic (exact) mass is 419 g/mol. The first-order valence-corrected chi connectivity index (χ1v) is 10.0. The van der Waals surface area contributed by atoms with Gasteiger partial charge in [-0.1, -0.05) is 41.4 Å². The summed E-state index contributed by atoms with van der Waals surface area (Å²) in [7, 11) is 0. The maximum Gasteiger partial charge on any atom is 0.269 e. The fourth-order valence-corrected chi connectivity index (χ4v) is 4.14. The number of hydrogen-bond donors (Lipinski definition) is 0. The maximum atomic E-state index is 11.0. The average molecular weight is 420 g/mol. The van der Waals surface area contributed by atoms with Gasteiger partial charge in [-0.25, -0.2) is 5.01 Å². The Labute approximate surface area is 178 Å². The summed E-state index contributed by atoms with van der Waals surface area (Å²) in [5.74, 6) is 0.754. The van der Waals surface area contributed by atoms with Gasteiger partial charge in [0.1, 0.15) is 5.75 Å². The SMILES string of the molecule is Cc1ccc(C2=NN3[C@H](C2)c2cc(Cl)ccc2O[C@@H]3c2ccc([N+](=O)[O-])cc2)cc1. The van der Waals surface area contributed by atoms with Crippen molar-refractivity contribution in [3.8, 4) is 5.75 Å². The van der Waals surface area contributed by atoms with Gasteiger partial charge in [0, 0.05) is 34.7 Å². The van der Waals surface area contributed by atoms with Crippen LogP contribution in [0, 0.1) is 17.0 Å². The molecule has 3 aromatic rings. The van der Waals surface area contributed by atoms with Gasteiger partial charge < -0.3 is 4.74 Å². The quantitative estimate of drug-likeness (QED) is 0.397. The summed E-state index contributed by atoms with van der Waals surface area (Å²) in [6, 6.07) is 20.3. The van der Waals surface area contributed by atoms with Crippen molar-refractivity contribution in [2.45, 2.75) is 25.6 Å². The van der Waals surface area contributed by atoms with E-state index >= 15 is 0 Å². The summed E-state index contributed by atoms with van der Waals surface area (Å²) in [5.41, 5.74) is 5.08. The second kappa shape index (κ2) is 7.15. The largest absolute Gasteiger partial charge is 0.464 e. The molecule has 0 amide bonds. The van der Waals surface area contributed by atoms with Gasteiger partial charge in [-0.05, 0) is 42.8 Å². The minimum Gasteiger partial charge on any atom is -0.464 e. The van der Waals surface area contributed by atoms with E-state index in [1.807, 2.05) is 17.1 Å². The number of halogens is 1. The van der Waals surface area contributed by atoms with Crippen molar-refractivity contribution < 1.29 is 9.66 Å². The fourth-order valence-electron chi connectivity index (χ4n) is 3.96. The van der Waals surface area contributed by atoms with E-state index in [1.165, 1.54) is 17.7 Å². The van der Waals surface area contributed by atoms with Crippen molar-refractivity contribution in [1.29, 1.82) is 0 Å². The van der Waals surface area contributed by atoms with E-state index < -0.39 is 11.2 Å². The van der Waals surface area contributed by atoms with E-state index in [1.54, 1.807) is 18.2 Å². The van der Waals surface area contributed by atoms with Crippen molar-refractivity contribution in [2.75, 3.05) is 0 Å². The zero-order valence-electron chi connectivity index (χ0n) is 16.2. The molecule has 0 spiro atoms. The molecule has 0 N–H and O–H groups in total. The van der Waals surface area contributed by atoms with Crippen LogP contribution in [0.15, 0.2) is 71.8 Å². The molecule has 0 aliphatic carbocycles. The molecule has 0 unspecified atom stereocenters. The normalized spacial score (nSPS) is 19.5. The van der Waals surface area contributed by atoms with Gasteiger partial charge in [-0.15, -0.1) is 0 Å². The van der Waals surface area contributed by atoms with Crippen LogP contribution >= 0.6 is 11.6 Å². The summed E-state index contributed by atoms with van der Waals surface area (Å²) in [5, 5.41) is 18.5. The molecule has 30 heavy (non-hydrogen) atoms. The number of nitro benzene ring substituents is 1. The number of rotatable bonds is 3. The molecule has 0 saturated carbocycles. The minimum atomic E-state index is -0.479. The number of non-ortho nitro benzene ring substituents is 1. The van der Waals surface area contributed by atoms with Gasteiger partial charge in [-0.2, -0.15) is 5.10 Å². The lowest BCUT2D eigenvalue weighted by atomic mass is 9.95. The van der Waals surface area contributed by atoms with Crippen LogP contribution in [0.2, 0.25) is 5.02 Å². The standard InChI is InChI=1S/C23H18ClN3O3/c1-14-2-4-15(5-3-14)20-13-21-19-12-17(24)8-11-22(19)30-23(26(21)25-20)16-6-9-18(10-7-16)27(28)29/h2-12,21,23H,13H2,1H3/t21-,23-/m1/s1. The van der Waals surface area contributed by atoms with Crippen molar-refractivity contribution in [1.82, 2.24) is 5.01 Å². The van der Waals surface area contributed by atoms with E-state index in [9.17, 15) is 10.1 Å². The molecule has 3 aromatic carbocycles. The highest BCUT2D eigenvalue weighted by molar-refractivity contribution is 6.30. The molecule has 0 saturated heterocycles. The second-order valence-corrected chi connectivity index (χ2v) is 7.95. The van der Waals surface area contributed by atoms with Crippen molar-refractivity contribution >= 4 is 23.0 Å². The van der Waals surface area contributed by atoms with Crippen molar-refractivity contribution in [2.24, 2.45) is 5.10 Å². The topological polar surface area (TPSA) is 68.0 Å².